The number of rotatable bonds is 8. The summed E-state index contributed by atoms with van der Waals surface area (Å²) >= 11 is 0. The molecule has 0 fully saturated rings. The molecular weight excluding hydrogens is 370 g/mol. The minimum atomic E-state index is -4.46. The van der Waals surface area contributed by atoms with Crippen molar-refractivity contribution in [3.05, 3.63) is 96.1 Å². The molecule has 3 aromatic rings. The first-order valence-electron chi connectivity index (χ1n) is 8.49. The van der Waals surface area contributed by atoms with Gasteiger partial charge in [-0.15, -0.1) is 0 Å². The molecule has 0 radical (unpaired) electrons. The van der Waals surface area contributed by atoms with Crippen LogP contribution in [0.5, 0.6) is 11.5 Å². The molecule has 0 aromatic heterocycles. The van der Waals surface area contributed by atoms with Gasteiger partial charge in [0.15, 0.2) is 0 Å². The van der Waals surface area contributed by atoms with Crippen LogP contribution in [0.1, 0.15) is 17.5 Å². The Morgan fingerprint density at radius 3 is 1.67 bits per heavy atom. The maximum atomic E-state index is 12.0. The third kappa shape index (κ3) is 7.53. The third-order valence-corrected chi connectivity index (χ3v) is 4.74. The fourth-order valence-electron chi connectivity index (χ4n) is 2.62. The predicted molar refractivity (Wildman–Crippen MR) is 100 cm³/mol. The smallest absolute Gasteiger partial charge is 0.736 e. The summed E-state index contributed by atoms with van der Waals surface area (Å²) in [5.41, 5.74) is 2.45. The topological polar surface area (TPSA) is 58.6 Å². The van der Waals surface area contributed by atoms with E-state index >= 15 is 0 Å². The number of aryl methyl sites for hydroxylation is 2. The summed E-state index contributed by atoms with van der Waals surface area (Å²) in [5, 5.41) is 0. The summed E-state index contributed by atoms with van der Waals surface area (Å²) in [7, 11) is -4.46. The van der Waals surface area contributed by atoms with Gasteiger partial charge >= 0.3 is 37.4 Å². The SMILES string of the molecule is O=P([O-])(Oc1ccccc1)Oc1ccc(CCCc2ccccc2)cc1.[Na+]. The number of phosphoric acid groups is 1. The van der Waals surface area contributed by atoms with Crippen LogP contribution in [0.4, 0.5) is 0 Å². The molecule has 0 amide bonds. The molecule has 3 rings (SSSR count). The van der Waals surface area contributed by atoms with E-state index in [1.807, 2.05) is 30.3 Å². The van der Waals surface area contributed by atoms with Gasteiger partial charge < -0.3 is 13.9 Å². The average molecular weight is 390 g/mol. The number of para-hydroxylation sites is 1. The van der Waals surface area contributed by atoms with Crippen LogP contribution in [-0.2, 0) is 17.4 Å². The fraction of sp³-hybridized carbons (Fsp3) is 0.143. The van der Waals surface area contributed by atoms with Crippen molar-refractivity contribution in [2.45, 2.75) is 19.3 Å². The summed E-state index contributed by atoms with van der Waals surface area (Å²) in [6, 6.07) is 25.7. The maximum absolute atomic E-state index is 12.0. The van der Waals surface area contributed by atoms with Crippen molar-refractivity contribution in [1.82, 2.24) is 0 Å². The van der Waals surface area contributed by atoms with Crippen LogP contribution in [0.25, 0.3) is 0 Å². The first-order chi connectivity index (χ1) is 12.6. The van der Waals surface area contributed by atoms with Gasteiger partial charge in [-0.1, -0.05) is 60.7 Å². The molecule has 0 spiro atoms. The van der Waals surface area contributed by atoms with Crippen LogP contribution in [0.3, 0.4) is 0 Å². The standard InChI is InChI=1S/C21H21O4P.Na/c22-26(23,24-20-12-5-2-6-13-20)25-21-16-14-19(15-17-21)11-7-10-18-8-3-1-4-9-18;/h1-6,8-9,12-17H,7,10-11H2,(H,22,23);/q;+1/p-1. The Morgan fingerprint density at radius 1 is 0.667 bits per heavy atom. The van der Waals surface area contributed by atoms with Crippen molar-refractivity contribution >= 4 is 7.82 Å². The molecule has 0 saturated heterocycles. The molecule has 0 aliphatic rings. The van der Waals surface area contributed by atoms with Crippen LogP contribution in [-0.4, -0.2) is 0 Å². The van der Waals surface area contributed by atoms with Crippen molar-refractivity contribution in [3.63, 3.8) is 0 Å². The van der Waals surface area contributed by atoms with Crippen LogP contribution in [0.15, 0.2) is 84.9 Å². The van der Waals surface area contributed by atoms with Gasteiger partial charge in [0.2, 0.25) is 0 Å². The monoisotopic (exact) mass is 390 g/mol. The zero-order valence-electron chi connectivity index (χ0n) is 15.3. The zero-order chi connectivity index (χ0) is 18.2. The maximum Gasteiger partial charge on any atom is 1.00 e. The van der Waals surface area contributed by atoms with Crippen LogP contribution in [0, 0.1) is 0 Å². The van der Waals surface area contributed by atoms with E-state index in [4.69, 9.17) is 9.05 Å². The molecule has 0 heterocycles. The van der Waals surface area contributed by atoms with Gasteiger partial charge in [-0.05, 0) is 54.7 Å². The summed E-state index contributed by atoms with van der Waals surface area (Å²) in [6.45, 7) is 0. The van der Waals surface area contributed by atoms with Crippen molar-refractivity contribution in [3.8, 4) is 11.5 Å². The molecule has 3 aromatic carbocycles. The predicted octanol–water partition coefficient (Wildman–Crippen LogP) is 1.79. The minimum absolute atomic E-state index is 0. The zero-order valence-corrected chi connectivity index (χ0v) is 18.2. The normalized spacial score (nSPS) is 12.5. The number of phosphoric ester groups is 1. The number of benzene rings is 3. The number of hydrogen-bond donors (Lipinski definition) is 0. The van der Waals surface area contributed by atoms with Crippen molar-refractivity contribution in [2.75, 3.05) is 0 Å². The van der Waals surface area contributed by atoms with E-state index in [9.17, 15) is 9.46 Å². The molecule has 0 aliphatic heterocycles. The second-order valence-electron chi connectivity index (χ2n) is 5.93. The van der Waals surface area contributed by atoms with Gasteiger partial charge in [0, 0.05) is 0 Å². The molecule has 6 heteroatoms. The molecule has 134 valence electrons. The molecule has 4 nitrogen and oxygen atoms in total. The van der Waals surface area contributed by atoms with Crippen LogP contribution < -0.4 is 43.5 Å². The summed E-state index contributed by atoms with van der Waals surface area (Å²) in [5.74, 6) is 0.467. The molecule has 1 unspecified atom stereocenters. The quantitative estimate of drug-likeness (QED) is 0.435. The van der Waals surface area contributed by atoms with E-state index in [0.29, 0.717) is 0 Å². The van der Waals surface area contributed by atoms with Crippen molar-refractivity contribution in [2.24, 2.45) is 0 Å². The molecule has 0 N–H and O–H groups in total. The van der Waals surface area contributed by atoms with Gasteiger partial charge in [0.1, 0.15) is 11.5 Å². The Balaban J connectivity index is 0.00000261. The van der Waals surface area contributed by atoms with E-state index in [2.05, 4.69) is 12.1 Å². The Kier molecular flexibility index (Phi) is 8.62. The molecule has 0 bridgehead atoms. The Labute approximate surface area is 182 Å². The summed E-state index contributed by atoms with van der Waals surface area (Å²) in [6.07, 6.45) is 2.96. The van der Waals surface area contributed by atoms with Gasteiger partial charge in [0.05, 0.1) is 0 Å². The van der Waals surface area contributed by atoms with Crippen LogP contribution >= 0.6 is 7.82 Å². The second kappa shape index (κ2) is 10.7. The van der Waals surface area contributed by atoms with Crippen LogP contribution in [0.2, 0.25) is 0 Å². The summed E-state index contributed by atoms with van der Waals surface area (Å²) in [4.78, 5) is 12.0. The van der Waals surface area contributed by atoms with E-state index in [0.717, 1.165) is 24.8 Å². The summed E-state index contributed by atoms with van der Waals surface area (Å²) < 4.78 is 21.9. The molecule has 27 heavy (non-hydrogen) atoms. The average Bonchev–Trinajstić information content (AvgIpc) is 2.64. The van der Waals surface area contributed by atoms with Crippen molar-refractivity contribution < 1.29 is 48.1 Å². The van der Waals surface area contributed by atoms with Gasteiger partial charge in [-0.25, -0.2) is 4.57 Å². The van der Waals surface area contributed by atoms with E-state index in [-0.39, 0.29) is 41.1 Å². The van der Waals surface area contributed by atoms with Gasteiger partial charge in [0.25, 0.3) is 0 Å². The Morgan fingerprint density at radius 2 is 1.11 bits per heavy atom. The van der Waals surface area contributed by atoms with Gasteiger partial charge in [-0.2, -0.15) is 0 Å². The Bertz CT molecular complexity index is 854. The third-order valence-electron chi connectivity index (χ3n) is 3.87. The molecule has 1 atom stereocenters. The largest absolute Gasteiger partial charge is 1.00 e. The minimum Gasteiger partial charge on any atom is -0.736 e. The second-order valence-corrected chi connectivity index (χ2v) is 7.19. The van der Waals surface area contributed by atoms with E-state index in [1.165, 1.54) is 5.56 Å². The Hall–Kier alpha value is -1.55. The fourth-order valence-corrected chi connectivity index (χ4v) is 3.41. The molecule has 0 aliphatic carbocycles. The first kappa shape index (κ1) is 21.7. The van der Waals surface area contributed by atoms with E-state index < -0.39 is 7.82 Å². The first-order valence-corrected chi connectivity index (χ1v) is 9.95. The van der Waals surface area contributed by atoms with E-state index in [1.54, 1.807) is 42.5 Å². The van der Waals surface area contributed by atoms with Gasteiger partial charge in [-0.3, -0.25) is 0 Å². The number of hydrogen-bond acceptors (Lipinski definition) is 4. The van der Waals surface area contributed by atoms with Crippen molar-refractivity contribution in [1.29, 1.82) is 0 Å². The molecular formula is C21H20NaO4P. The molecule has 0 saturated carbocycles.